The lowest BCUT2D eigenvalue weighted by Crippen LogP contribution is -2.36. The van der Waals surface area contributed by atoms with E-state index in [0.29, 0.717) is 39.6 Å². The average Bonchev–Trinajstić information content (AvgIpc) is 3.01. The fraction of sp³-hybridized carbons (Fsp3) is 0.227. The van der Waals surface area contributed by atoms with E-state index in [4.69, 9.17) is 14.2 Å². The van der Waals surface area contributed by atoms with Crippen LogP contribution in [-0.2, 0) is 9.59 Å². The summed E-state index contributed by atoms with van der Waals surface area (Å²) in [5.74, 6) is 0.678. The smallest absolute Gasteiger partial charge is 0.294 e. The molecule has 0 atom stereocenters. The summed E-state index contributed by atoms with van der Waals surface area (Å²) in [6.45, 7) is 1.90. The fourth-order valence-electron chi connectivity index (χ4n) is 2.94. The van der Waals surface area contributed by atoms with Crippen LogP contribution in [0, 0.1) is 0 Å². The lowest BCUT2D eigenvalue weighted by atomic mass is 10.2. The number of methoxy groups -OCH3 is 2. The summed E-state index contributed by atoms with van der Waals surface area (Å²) in [5.41, 5.74) is 1.18. The van der Waals surface area contributed by atoms with Crippen LogP contribution in [0.1, 0.15) is 12.5 Å². The first-order chi connectivity index (χ1) is 15.4. The van der Waals surface area contributed by atoms with Gasteiger partial charge in [-0.25, -0.2) is 0 Å². The van der Waals surface area contributed by atoms with Crippen molar-refractivity contribution in [3.8, 4) is 17.2 Å². The van der Waals surface area contributed by atoms with Gasteiger partial charge in [-0.2, -0.15) is 0 Å². The summed E-state index contributed by atoms with van der Waals surface area (Å²) in [6, 6.07) is 10.2. The van der Waals surface area contributed by atoms with Crippen molar-refractivity contribution in [1.82, 2.24) is 4.90 Å². The average molecular weight is 521 g/mol. The lowest BCUT2D eigenvalue weighted by Gasteiger charge is -2.13. The predicted octanol–water partition coefficient (Wildman–Crippen LogP) is 4.54. The minimum atomic E-state index is -0.533. The van der Waals surface area contributed by atoms with Gasteiger partial charge in [-0.3, -0.25) is 19.3 Å². The Labute approximate surface area is 198 Å². The van der Waals surface area contributed by atoms with Gasteiger partial charge in [-0.1, -0.05) is 0 Å². The number of hydrogen-bond donors (Lipinski definition) is 1. The van der Waals surface area contributed by atoms with Crippen molar-refractivity contribution >= 4 is 56.5 Å². The minimum Gasteiger partial charge on any atom is -0.497 e. The van der Waals surface area contributed by atoms with Crippen molar-refractivity contribution in [3.05, 3.63) is 51.3 Å². The summed E-state index contributed by atoms with van der Waals surface area (Å²) in [6.07, 6.45) is 1.58. The number of halogens is 1. The van der Waals surface area contributed by atoms with E-state index in [0.717, 1.165) is 16.7 Å². The standard InChI is InChI=1S/C22H21BrN2O6S/c1-4-31-17-10-13(9-16(23)20(17)30-3)11-18-21(27)25(22(28)32-18)12-19(26)24-14-5-7-15(29-2)8-6-14/h5-11H,4,12H2,1-3H3,(H,24,26)/b18-11+. The number of imide groups is 1. The number of rotatable bonds is 8. The Hall–Kier alpha value is -2.98. The van der Waals surface area contributed by atoms with Gasteiger partial charge < -0.3 is 19.5 Å². The van der Waals surface area contributed by atoms with E-state index in [1.54, 1.807) is 49.6 Å². The highest BCUT2D eigenvalue weighted by Crippen LogP contribution is 2.39. The first-order valence-electron chi connectivity index (χ1n) is 9.55. The molecule has 10 heteroatoms. The summed E-state index contributed by atoms with van der Waals surface area (Å²) < 4.78 is 16.7. The molecule has 1 heterocycles. The molecule has 8 nitrogen and oxygen atoms in total. The zero-order valence-electron chi connectivity index (χ0n) is 17.6. The Morgan fingerprint density at radius 3 is 2.50 bits per heavy atom. The van der Waals surface area contributed by atoms with Gasteiger partial charge in [0, 0.05) is 5.69 Å². The molecule has 2 aromatic rings. The van der Waals surface area contributed by atoms with Crippen LogP contribution in [0.3, 0.4) is 0 Å². The molecule has 0 saturated carbocycles. The van der Waals surface area contributed by atoms with E-state index in [9.17, 15) is 14.4 Å². The molecule has 168 valence electrons. The maximum Gasteiger partial charge on any atom is 0.294 e. The summed E-state index contributed by atoms with van der Waals surface area (Å²) in [4.78, 5) is 38.6. The molecular weight excluding hydrogens is 500 g/mol. The van der Waals surface area contributed by atoms with E-state index in [1.807, 2.05) is 6.92 Å². The van der Waals surface area contributed by atoms with E-state index < -0.39 is 17.1 Å². The first kappa shape index (κ1) is 23.7. The van der Waals surface area contributed by atoms with Crippen LogP contribution in [0.4, 0.5) is 10.5 Å². The molecule has 0 aliphatic carbocycles. The molecule has 0 unspecified atom stereocenters. The third kappa shape index (κ3) is 5.43. The van der Waals surface area contributed by atoms with E-state index in [-0.39, 0.29) is 11.4 Å². The minimum absolute atomic E-state index is 0.215. The maximum atomic E-state index is 12.8. The van der Waals surface area contributed by atoms with Gasteiger partial charge in [0.15, 0.2) is 11.5 Å². The highest BCUT2D eigenvalue weighted by molar-refractivity contribution is 9.10. The molecule has 1 saturated heterocycles. The molecule has 2 aromatic carbocycles. The number of thioether (sulfide) groups is 1. The number of carbonyl (C=O) groups is 3. The van der Waals surface area contributed by atoms with Crippen LogP contribution < -0.4 is 19.5 Å². The number of ether oxygens (including phenoxy) is 3. The molecule has 0 radical (unpaired) electrons. The third-order valence-electron chi connectivity index (χ3n) is 4.38. The Balaban J connectivity index is 1.73. The molecule has 0 bridgehead atoms. The molecule has 3 amide bonds. The second kappa shape index (κ2) is 10.6. The molecule has 0 aromatic heterocycles. The monoisotopic (exact) mass is 520 g/mol. The number of nitrogens with one attached hydrogen (secondary N) is 1. The van der Waals surface area contributed by atoms with Gasteiger partial charge in [-0.15, -0.1) is 0 Å². The molecule has 0 spiro atoms. The maximum absolute atomic E-state index is 12.8. The zero-order valence-corrected chi connectivity index (χ0v) is 20.0. The van der Waals surface area contributed by atoms with Crippen molar-refractivity contribution in [2.24, 2.45) is 0 Å². The normalized spacial score (nSPS) is 14.6. The Morgan fingerprint density at radius 1 is 1.16 bits per heavy atom. The van der Waals surface area contributed by atoms with E-state index >= 15 is 0 Å². The Morgan fingerprint density at radius 2 is 1.88 bits per heavy atom. The zero-order chi connectivity index (χ0) is 23.3. The molecule has 3 rings (SSSR count). The van der Waals surface area contributed by atoms with Crippen LogP contribution in [-0.4, -0.2) is 49.3 Å². The van der Waals surface area contributed by atoms with E-state index in [2.05, 4.69) is 21.2 Å². The van der Waals surface area contributed by atoms with Gasteiger partial charge in [0.1, 0.15) is 12.3 Å². The fourth-order valence-corrected chi connectivity index (χ4v) is 4.40. The molecule has 1 aliphatic rings. The Kier molecular flexibility index (Phi) is 7.81. The quantitative estimate of drug-likeness (QED) is 0.510. The van der Waals surface area contributed by atoms with Gasteiger partial charge >= 0.3 is 0 Å². The SMILES string of the molecule is CCOc1cc(/C=C2/SC(=O)N(CC(=O)Nc3ccc(OC)cc3)C2=O)cc(Br)c1OC. The van der Waals surface area contributed by atoms with Crippen LogP contribution >= 0.6 is 27.7 Å². The summed E-state index contributed by atoms with van der Waals surface area (Å²) >= 11 is 4.21. The van der Waals surface area contributed by atoms with Crippen LogP contribution in [0.5, 0.6) is 17.2 Å². The summed E-state index contributed by atoms with van der Waals surface area (Å²) in [5, 5.41) is 2.15. The highest BCUT2D eigenvalue weighted by Gasteiger charge is 2.36. The second-order valence-corrected chi connectivity index (χ2v) is 8.36. The van der Waals surface area contributed by atoms with Crippen LogP contribution in [0.15, 0.2) is 45.8 Å². The lowest BCUT2D eigenvalue weighted by molar-refractivity contribution is -0.127. The topological polar surface area (TPSA) is 94.2 Å². The second-order valence-electron chi connectivity index (χ2n) is 6.51. The number of benzene rings is 2. The molecular formula is C22H21BrN2O6S. The number of anilines is 1. The van der Waals surface area contributed by atoms with Crippen molar-refractivity contribution in [1.29, 1.82) is 0 Å². The number of nitrogens with zero attached hydrogens (tertiary/aromatic N) is 1. The van der Waals surface area contributed by atoms with E-state index in [1.165, 1.54) is 7.11 Å². The largest absolute Gasteiger partial charge is 0.497 e. The van der Waals surface area contributed by atoms with Gasteiger partial charge in [0.05, 0.1) is 30.2 Å². The van der Waals surface area contributed by atoms with Gasteiger partial charge in [0.25, 0.3) is 11.1 Å². The summed E-state index contributed by atoms with van der Waals surface area (Å²) in [7, 11) is 3.08. The van der Waals surface area contributed by atoms with Crippen LogP contribution in [0.2, 0.25) is 0 Å². The molecule has 32 heavy (non-hydrogen) atoms. The van der Waals surface area contributed by atoms with Gasteiger partial charge in [0.2, 0.25) is 5.91 Å². The molecule has 1 fully saturated rings. The van der Waals surface area contributed by atoms with Crippen LogP contribution in [0.25, 0.3) is 6.08 Å². The predicted molar refractivity (Wildman–Crippen MR) is 126 cm³/mol. The first-order valence-corrected chi connectivity index (χ1v) is 11.2. The van der Waals surface area contributed by atoms with Crippen molar-refractivity contribution in [2.75, 3.05) is 32.7 Å². The number of carbonyl (C=O) groups excluding carboxylic acids is 3. The number of amides is 3. The number of hydrogen-bond acceptors (Lipinski definition) is 7. The Bertz CT molecular complexity index is 1070. The molecule has 1 N–H and O–H groups in total. The van der Waals surface area contributed by atoms with Gasteiger partial charge in [-0.05, 0) is 82.7 Å². The molecule has 1 aliphatic heterocycles. The van der Waals surface area contributed by atoms with Crippen molar-refractivity contribution in [3.63, 3.8) is 0 Å². The van der Waals surface area contributed by atoms with Crippen molar-refractivity contribution in [2.45, 2.75) is 6.92 Å². The highest BCUT2D eigenvalue weighted by atomic mass is 79.9. The third-order valence-corrected chi connectivity index (χ3v) is 5.88. The van der Waals surface area contributed by atoms with Crippen molar-refractivity contribution < 1.29 is 28.6 Å².